The summed E-state index contributed by atoms with van der Waals surface area (Å²) >= 11 is 0. The van der Waals surface area contributed by atoms with E-state index in [1.165, 1.54) is 16.8 Å². The highest BCUT2D eigenvalue weighted by Gasteiger charge is 2.23. The normalized spacial score (nSPS) is 17.8. The van der Waals surface area contributed by atoms with Crippen molar-refractivity contribution >= 4 is 16.6 Å². The van der Waals surface area contributed by atoms with Crippen LogP contribution in [0.15, 0.2) is 36.4 Å². The molecule has 1 aliphatic heterocycles. The Morgan fingerprint density at radius 1 is 1.19 bits per heavy atom. The minimum absolute atomic E-state index is 0.138. The third-order valence-corrected chi connectivity index (χ3v) is 5.07. The van der Waals surface area contributed by atoms with Crippen molar-refractivity contribution in [2.45, 2.75) is 39.8 Å². The number of ether oxygens (including phenoxy) is 1. The summed E-state index contributed by atoms with van der Waals surface area (Å²) in [7, 11) is 0. The van der Waals surface area contributed by atoms with Crippen LogP contribution in [0.1, 0.15) is 24.0 Å². The first-order valence-electron chi connectivity index (χ1n) is 9.40. The highest BCUT2D eigenvalue weighted by molar-refractivity contribution is 5.92. The Kier molecular flexibility index (Phi) is 4.64. The maximum Gasteiger partial charge on any atom is 0.0946 e. The molecule has 0 spiro atoms. The fourth-order valence-electron chi connectivity index (χ4n) is 3.75. The first kappa shape index (κ1) is 17.0. The molecule has 2 aromatic heterocycles. The molecule has 5 heteroatoms. The van der Waals surface area contributed by atoms with E-state index < -0.39 is 0 Å². The van der Waals surface area contributed by atoms with Crippen molar-refractivity contribution in [3.05, 3.63) is 53.5 Å². The average Bonchev–Trinajstić information content (AvgIpc) is 2.98. The van der Waals surface area contributed by atoms with Crippen LogP contribution in [0.4, 0.5) is 5.69 Å². The fourth-order valence-corrected chi connectivity index (χ4v) is 3.75. The lowest BCUT2D eigenvalue weighted by Gasteiger charge is -2.35. The molecule has 0 saturated carbocycles. The van der Waals surface area contributed by atoms with E-state index in [2.05, 4.69) is 64.9 Å². The van der Waals surface area contributed by atoms with E-state index in [0.29, 0.717) is 0 Å². The van der Waals surface area contributed by atoms with Crippen molar-refractivity contribution in [3.63, 3.8) is 0 Å². The van der Waals surface area contributed by atoms with Gasteiger partial charge in [0.25, 0.3) is 0 Å². The molecular formula is C21H26N4O. The molecule has 4 rings (SSSR count). The second-order valence-electron chi connectivity index (χ2n) is 7.05. The van der Waals surface area contributed by atoms with Gasteiger partial charge in [-0.05, 0) is 38.5 Å². The number of aromatic nitrogens is 3. The van der Waals surface area contributed by atoms with Crippen LogP contribution >= 0.6 is 0 Å². The molecule has 0 bridgehead atoms. The van der Waals surface area contributed by atoms with E-state index in [4.69, 9.17) is 9.72 Å². The van der Waals surface area contributed by atoms with E-state index >= 15 is 0 Å². The zero-order valence-corrected chi connectivity index (χ0v) is 15.8. The molecular weight excluding hydrogens is 324 g/mol. The number of morpholine rings is 1. The second kappa shape index (κ2) is 7.08. The summed E-state index contributed by atoms with van der Waals surface area (Å²) < 4.78 is 8.11. The van der Waals surface area contributed by atoms with Gasteiger partial charge in [-0.15, -0.1) is 0 Å². The van der Waals surface area contributed by atoms with Gasteiger partial charge in [-0.1, -0.05) is 25.1 Å². The molecule has 1 saturated heterocycles. The summed E-state index contributed by atoms with van der Waals surface area (Å²) in [6.07, 6.45) is 1.08. The van der Waals surface area contributed by atoms with Gasteiger partial charge < -0.3 is 9.64 Å². The Balaban J connectivity index is 1.61. The molecule has 1 aliphatic rings. The molecule has 0 amide bonds. The molecule has 0 N–H and O–H groups in total. The van der Waals surface area contributed by atoms with E-state index in [0.717, 1.165) is 49.6 Å². The number of rotatable bonds is 4. The standard InChI is InChI=1S/C21H26N4O/c1-4-17-12-21(19-7-5-6-8-20(19)22-17)24-9-10-26-18(13-24)14-25-16(3)11-15(2)23-25/h5-8,11-12,18H,4,9-10,13-14H2,1-3H3. The number of aryl methyl sites for hydroxylation is 3. The van der Waals surface area contributed by atoms with Gasteiger partial charge in [0.15, 0.2) is 0 Å². The minimum Gasteiger partial charge on any atom is -0.373 e. The third kappa shape index (κ3) is 3.31. The fraction of sp³-hybridized carbons (Fsp3) is 0.429. The van der Waals surface area contributed by atoms with Gasteiger partial charge in [0.05, 0.1) is 30.5 Å². The summed E-state index contributed by atoms with van der Waals surface area (Å²) in [5.41, 5.74) is 5.73. The van der Waals surface area contributed by atoms with Crippen molar-refractivity contribution in [2.24, 2.45) is 0 Å². The topological polar surface area (TPSA) is 43.2 Å². The van der Waals surface area contributed by atoms with Crippen LogP contribution in [-0.2, 0) is 17.7 Å². The Morgan fingerprint density at radius 3 is 2.81 bits per heavy atom. The molecule has 1 aromatic carbocycles. The molecule has 1 atom stereocenters. The Hall–Kier alpha value is -2.40. The summed E-state index contributed by atoms with van der Waals surface area (Å²) in [4.78, 5) is 7.23. The summed E-state index contributed by atoms with van der Waals surface area (Å²) in [6, 6.07) is 12.8. The van der Waals surface area contributed by atoms with Crippen molar-refractivity contribution in [2.75, 3.05) is 24.6 Å². The quantitative estimate of drug-likeness (QED) is 0.722. The van der Waals surface area contributed by atoms with Crippen LogP contribution in [0.25, 0.3) is 10.9 Å². The largest absolute Gasteiger partial charge is 0.373 e. The number of benzene rings is 1. The van der Waals surface area contributed by atoms with Crippen LogP contribution in [0.5, 0.6) is 0 Å². The highest BCUT2D eigenvalue weighted by atomic mass is 16.5. The molecule has 5 nitrogen and oxygen atoms in total. The first-order valence-corrected chi connectivity index (χ1v) is 9.40. The lowest BCUT2D eigenvalue weighted by atomic mass is 10.1. The Labute approximate surface area is 154 Å². The Bertz CT molecular complexity index is 918. The van der Waals surface area contributed by atoms with Gasteiger partial charge in [-0.25, -0.2) is 0 Å². The van der Waals surface area contributed by atoms with Crippen LogP contribution < -0.4 is 4.90 Å². The zero-order chi connectivity index (χ0) is 18.1. The predicted octanol–water partition coefficient (Wildman–Crippen LogP) is 3.52. The molecule has 136 valence electrons. The van der Waals surface area contributed by atoms with Gasteiger partial charge in [0.2, 0.25) is 0 Å². The van der Waals surface area contributed by atoms with E-state index in [-0.39, 0.29) is 6.10 Å². The zero-order valence-electron chi connectivity index (χ0n) is 15.8. The van der Waals surface area contributed by atoms with Crippen molar-refractivity contribution in [3.8, 4) is 0 Å². The van der Waals surface area contributed by atoms with Gasteiger partial charge in [-0.3, -0.25) is 9.67 Å². The number of hydrogen-bond donors (Lipinski definition) is 0. The maximum absolute atomic E-state index is 6.05. The van der Waals surface area contributed by atoms with Crippen LogP contribution in [0.2, 0.25) is 0 Å². The second-order valence-corrected chi connectivity index (χ2v) is 7.05. The molecule has 1 fully saturated rings. The number of pyridine rings is 1. The van der Waals surface area contributed by atoms with E-state index in [9.17, 15) is 0 Å². The SMILES string of the molecule is CCc1cc(N2CCOC(Cn3nc(C)cc3C)C2)c2ccccc2n1. The van der Waals surface area contributed by atoms with Crippen LogP contribution in [-0.4, -0.2) is 40.6 Å². The van der Waals surface area contributed by atoms with Gasteiger partial charge in [0, 0.05) is 35.6 Å². The maximum atomic E-state index is 6.05. The molecule has 3 heterocycles. The lowest BCUT2D eigenvalue weighted by Crippen LogP contribution is -2.44. The van der Waals surface area contributed by atoms with Crippen LogP contribution in [0.3, 0.4) is 0 Å². The number of anilines is 1. The van der Waals surface area contributed by atoms with Gasteiger partial charge in [0.1, 0.15) is 0 Å². The van der Waals surface area contributed by atoms with E-state index in [1.54, 1.807) is 0 Å². The summed E-state index contributed by atoms with van der Waals surface area (Å²) in [5, 5.41) is 5.81. The number of para-hydroxylation sites is 1. The summed E-state index contributed by atoms with van der Waals surface area (Å²) in [6.45, 7) is 9.60. The average molecular weight is 350 g/mol. The molecule has 1 unspecified atom stereocenters. The molecule has 0 aliphatic carbocycles. The summed E-state index contributed by atoms with van der Waals surface area (Å²) in [5.74, 6) is 0. The smallest absolute Gasteiger partial charge is 0.0946 e. The predicted molar refractivity (Wildman–Crippen MR) is 105 cm³/mol. The number of fused-ring (bicyclic) bond motifs is 1. The minimum atomic E-state index is 0.138. The van der Waals surface area contributed by atoms with Crippen molar-refractivity contribution in [1.82, 2.24) is 14.8 Å². The van der Waals surface area contributed by atoms with E-state index in [1.807, 2.05) is 6.92 Å². The Morgan fingerprint density at radius 2 is 2.04 bits per heavy atom. The van der Waals surface area contributed by atoms with Crippen LogP contribution in [0, 0.1) is 13.8 Å². The third-order valence-electron chi connectivity index (χ3n) is 5.07. The molecule has 0 radical (unpaired) electrons. The monoisotopic (exact) mass is 350 g/mol. The number of hydrogen-bond acceptors (Lipinski definition) is 4. The highest BCUT2D eigenvalue weighted by Crippen LogP contribution is 2.28. The molecule has 26 heavy (non-hydrogen) atoms. The van der Waals surface area contributed by atoms with Crippen molar-refractivity contribution in [1.29, 1.82) is 0 Å². The van der Waals surface area contributed by atoms with Gasteiger partial charge in [-0.2, -0.15) is 5.10 Å². The van der Waals surface area contributed by atoms with Gasteiger partial charge >= 0.3 is 0 Å². The molecule has 3 aromatic rings. The number of nitrogens with zero attached hydrogens (tertiary/aromatic N) is 4. The first-order chi connectivity index (χ1) is 12.6. The lowest BCUT2D eigenvalue weighted by molar-refractivity contribution is 0.0271. The van der Waals surface area contributed by atoms with Crippen molar-refractivity contribution < 1.29 is 4.74 Å².